The first kappa shape index (κ1) is 17.7. The van der Waals surface area contributed by atoms with Gasteiger partial charge < -0.3 is 0 Å². The Morgan fingerprint density at radius 3 is 2.83 bits per heavy atom. The molecule has 1 amide bonds. The summed E-state index contributed by atoms with van der Waals surface area (Å²) in [7, 11) is 0. The number of hydrogen-bond acceptors (Lipinski definition) is 6. The minimum absolute atomic E-state index is 0.216. The summed E-state index contributed by atoms with van der Waals surface area (Å²) < 4.78 is 1.51. The lowest BCUT2D eigenvalue weighted by Gasteiger charge is -2.16. The van der Waals surface area contributed by atoms with E-state index in [4.69, 9.17) is 0 Å². The van der Waals surface area contributed by atoms with Crippen molar-refractivity contribution < 1.29 is 4.79 Å². The summed E-state index contributed by atoms with van der Waals surface area (Å²) >= 11 is 1.43. The largest absolute Gasteiger partial charge is 0.298 e. The molecule has 144 valence electrons. The van der Waals surface area contributed by atoms with Crippen molar-refractivity contribution in [2.75, 3.05) is 5.32 Å². The van der Waals surface area contributed by atoms with Crippen LogP contribution in [-0.4, -0.2) is 31.1 Å². The van der Waals surface area contributed by atoms with Crippen molar-refractivity contribution in [3.8, 4) is 16.9 Å². The summed E-state index contributed by atoms with van der Waals surface area (Å²) in [5.41, 5.74) is 6.10. The summed E-state index contributed by atoms with van der Waals surface area (Å²) in [5.74, 6) is -0.216. The van der Waals surface area contributed by atoms with E-state index in [1.807, 2.05) is 11.4 Å². The van der Waals surface area contributed by atoms with E-state index in [0.29, 0.717) is 10.7 Å². The smallest absolute Gasteiger partial charge is 0.257 e. The maximum atomic E-state index is 12.7. The summed E-state index contributed by atoms with van der Waals surface area (Å²) in [6.45, 7) is 0. The average Bonchev–Trinajstić information content (AvgIpc) is 3.46. The number of benzene rings is 2. The number of thiazole rings is 1. The van der Waals surface area contributed by atoms with E-state index in [1.165, 1.54) is 46.3 Å². The highest BCUT2D eigenvalue weighted by Crippen LogP contribution is 2.29. The lowest BCUT2D eigenvalue weighted by Crippen LogP contribution is -2.12. The third-order valence-corrected chi connectivity index (χ3v) is 5.85. The second kappa shape index (κ2) is 7.56. The van der Waals surface area contributed by atoms with Crippen molar-refractivity contribution in [3.05, 3.63) is 70.9 Å². The molecule has 0 saturated carbocycles. The fourth-order valence-electron chi connectivity index (χ4n) is 3.60. The number of fused-ring (bicyclic) bond motifs is 1. The van der Waals surface area contributed by atoms with Gasteiger partial charge in [-0.1, -0.05) is 18.2 Å². The van der Waals surface area contributed by atoms with Gasteiger partial charge in [-0.3, -0.25) is 10.1 Å². The molecule has 0 bridgehead atoms. The van der Waals surface area contributed by atoms with Crippen LogP contribution >= 0.6 is 11.3 Å². The fourth-order valence-corrected chi connectivity index (χ4v) is 4.31. The molecule has 2 heterocycles. The number of nitrogens with one attached hydrogen (secondary N) is 1. The molecule has 1 aliphatic rings. The summed E-state index contributed by atoms with van der Waals surface area (Å²) in [6, 6.07) is 13.7. The molecule has 0 spiro atoms. The van der Waals surface area contributed by atoms with Crippen LogP contribution in [0.15, 0.2) is 54.2 Å². The molecule has 0 radical (unpaired) electrons. The molecule has 0 unspecified atom stereocenters. The minimum Gasteiger partial charge on any atom is -0.298 e. The Kier molecular flexibility index (Phi) is 4.61. The van der Waals surface area contributed by atoms with Gasteiger partial charge in [0.15, 0.2) is 5.13 Å². The molecular weight excluding hydrogens is 384 g/mol. The molecule has 1 aliphatic carbocycles. The molecule has 0 fully saturated rings. The lowest BCUT2D eigenvalue weighted by atomic mass is 9.90. The van der Waals surface area contributed by atoms with Gasteiger partial charge in [-0.15, -0.1) is 16.4 Å². The van der Waals surface area contributed by atoms with Gasteiger partial charge in [-0.05, 0) is 71.5 Å². The highest BCUT2D eigenvalue weighted by molar-refractivity contribution is 7.14. The molecule has 0 aliphatic heterocycles. The number of rotatable bonds is 4. The number of amides is 1. The number of tetrazole rings is 1. The van der Waals surface area contributed by atoms with Crippen LogP contribution < -0.4 is 5.32 Å². The number of aryl methyl sites for hydroxylation is 2. The molecule has 29 heavy (non-hydrogen) atoms. The number of nitrogens with zero attached hydrogens (tertiary/aromatic N) is 5. The molecular formula is C21H18N6OS. The molecule has 5 rings (SSSR count). The second-order valence-electron chi connectivity index (χ2n) is 6.99. The van der Waals surface area contributed by atoms with Gasteiger partial charge in [0.25, 0.3) is 5.91 Å². The highest BCUT2D eigenvalue weighted by Gasteiger charge is 2.14. The summed E-state index contributed by atoms with van der Waals surface area (Å²) in [4.78, 5) is 17.3. The number of hydrogen-bond donors (Lipinski definition) is 1. The predicted molar refractivity (Wildman–Crippen MR) is 111 cm³/mol. The summed E-state index contributed by atoms with van der Waals surface area (Å²) in [6.07, 6.45) is 6.31. The monoisotopic (exact) mass is 402 g/mol. The van der Waals surface area contributed by atoms with Crippen LogP contribution in [0.3, 0.4) is 0 Å². The number of anilines is 1. The van der Waals surface area contributed by atoms with E-state index in [0.717, 1.165) is 29.8 Å². The normalized spacial score (nSPS) is 13.1. The Balaban J connectivity index is 1.34. The van der Waals surface area contributed by atoms with E-state index in [9.17, 15) is 4.79 Å². The first-order chi connectivity index (χ1) is 14.3. The standard InChI is InChI=1S/C21H18N6OS/c28-20(17-6-3-7-18(11-17)27-13-22-25-26-27)24-21-23-19(12-29-21)16-9-8-14-4-1-2-5-15(14)10-16/h3,6-13H,1-2,4-5H2,(H,23,24,28). The van der Waals surface area contributed by atoms with E-state index < -0.39 is 0 Å². The van der Waals surface area contributed by atoms with Crippen molar-refractivity contribution in [1.29, 1.82) is 0 Å². The third-order valence-electron chi connectivity index (χ3n) is 5.09. The number of carbonyl (C=O) groups excluding carboxylic acids is 1. The Labute approximate surface area is 171 Å². The van der Waals surface area contributed by atoms with Crippen molar-refractivity contribution in [3.63, 3.8) is 0 Å². The first-order valence-corrected chi connectivity index (χ1v) is 10.4. The number of aromatic nitrogens is 5. The molecule has 0 saturated heterocycles. The van der Waals surface area contributed by atoms with E-state index in [2.05, 4.69) is 44.0 Å². The van der Waals surface area contributed by atoms with E-state index in [1.54, 1.807) is 18.2 Å². The zero-order chi connectivity index (χ0) is 19.6. The predicted octanol–water partition coefficient (Wildman–Crippen LogP) is 3.92. The molecule has 0 atom stereocenters. The molecule has 8 heteroatoms. The SMILES string of the molecule is O=C(Nc1nc(-c2ccc3c(c2)CCCC3)cs1)c1cccc(-n2cnnn2)c1. The topological polar surface area (TPSA) is 85.6 Å². The van der Waals surface area contributed by atoms with Gasteiger partial charge >= 0.3 is 0 Å². The zero-order valence-electron chi connectivity index (χ0n) is 15.6. The van der Waals surface area contributed by atoms with Crippen LogP contribution in [0.1, 0.15) is 34.3 Å². The third kappa shape index (κ3) is 3.66. The van der Waals surface area contributed by atoms with E-state index in [-0.39, 0.29) is 5.91 Å². The Hall–Kier alpha value is -3.39. The maximum Gasteiger partial charge on any atom is 0.257 e. The van der Waals surface area contributed by atoms with Crippen molar-refractivity contribution in [2.24, 2.45) is 0 Å². The lowest BCUT2D eigenvalue weighted by molar-refractivity contribution is 0.102. The van der Waals surface area contributed by atoms with E-state index >= 15 is 0 Å². The zero-order valence-corrected chi connectivity index (χ0v) is 16.4. The van der Waals surface area contributed by atoms with Gasteiger partial charge in [-0.25, -0.2) is 9.67 Å². The summed E-state index contributed by atoms with van der Waals surface area (Å²) in [5, 5.41) is 16.6. The van der Waals surface area contributed by atoms with Crippen LogP contribution in [0.5, 0.6) is 0 Å². The molecule has 1 N–H and O–H groups in total. The number of carbonyl (C=O) groups is 1. The van der Waals surface area contributed by atoms with Crippen molar-refractivity contribution >= 4 is 22.4 Å². The maximum absolute atomic E-state index is 12.7. The molecule has 2 aromatic carbocycles. The van der Waals surface area contributed by atoms with Gasteiger partial charge in [0.1, 0.15) is 6.33 Å². The Bertz CT molecular complexity index is 1170. The quantitative estimate of drug-likeness (QED) is 0.559. The molecule has 4 aromatic rings. The van der Waals surface area contributed by atoms with Gasteiger partial charge in [0, 0.05) is 16.5 Å². The van der Waals surface area contributed by atoms with Crippen molar-refractivity contribution in [1.82, 2.24) is 25.2 Å². The Morgan fingerprint density at radius 1 is 1.07 bits per heavy atom. The average molecular weight is 402 g/mol. The van der Waals surface area contributed by atoms with Crippen LogP contribution in [0.4, 0.5) is 5.13 Å². The van der Waals surface area contributed by atoms with Gasteiger partial charge in [0.05, 0.1) is 11.4 Å². The van der Waals surface area contributed by atoms with Crippen LogP contribution in [0.2, 0.25) is 0 Å². The highest BCUT2D eigenvalue weighted by atomic mass is 32.1. The Morgan fingerprint density at radius 2 is 1.97 bits per heavy atom. The molecule has 7 nitrogen and oxygen atoms in total. The van der Waals surface area contributed by atoms with Crippen LogP contribution in [-0.2, 0) is 12.8 Å². The van der Waals surface area contributed by atoms with Gasteiger partial charge in [0.2, 0.25) is 0 Å². The van der Waals surface area contributed by atoms with Gasteiger partial charge in [-0.2, -0.15) is 0 Å². The second-order valence-corrected chi connectivity index (χ2v) is 7.85. The minimum atomic E-state index is -0.216. The van der Waals surface area contributed by atoms with Crippen LogP contribution in [0, 0.1) is 0 Å². The van der Waals surface area contributed by atoms with Crippen LogP contribution in [0.25, 0.3) is 16.9 Å². The molecule has 2 aromatic heterocycles. The fraction of sp³-hybridized carbons (Fsp3) is 0.190. The first-order valence-electron chi connectivity index (χ1n) is 9.49. The van der Waals surface area contributed by atoms with Crippen molar-refractivity contribution in [2.45, 2.75) is 25.7 Å².